The maximum Gasteiger partial charge on any atom is 0.410 e. The van der Waals surface area contributed by atoms with E-state index in [0.717, 1.165) is 11.6 Å². The minimum Gasteiger partial charge on any atom is -0.456 e. The highest BCUT2D eigenvalue weighted by atomic mass is 16.6. The minimum absolute atomic E-state index is 0.0718. The number of nitro groups is 1. The van der Waals surface area contributed by atoms with Gasteiger partial charge in [0.25, 0.3) is 5.69 Å². The summed E-state index contributed by atoms with van der Waals surface area (Å²) < 4.78 is 10.3. The summed E-state index contributed by atoms with van der Waals surface area (Å²) in [5, 5.41) is 10.8. The molecule has 2 aromatic rings. The second-order valence-corrected chi connectivity index (χ2v) is 6.73. The van der Waals surface area contributed by atoms with Gasteiger partial charge in [-0.1, -0.05) is 42.5 Å². The number of ether oxygens (including phenoxy) is 2. The molecule has 30 heavy (non-hydrogen) atoms. The number of benzene rings is 2. The summed E-state index contributed by atoms with van der Waals surface area (Å²) in [6, 6.07) is 13.5. The van der Waals surface area contributed by atoms with E-state index in [0.29, 0.717) is 19.4 Å². The topological polar surface area (TPSA) is 116 Å². The van der Waals surface area contributed by atoms with Crippen molar-refractivity contribution >= 4 is 23.5 Å². The van der Waals surface area contributed by atoms with Crippen molar-refractivity contribution in [1.82, 2.24) is 4.90 Å². The number of carbonyl (C=O) groups excluding carboxylic acids is 3. The van der Waals surface area contributed by atoms with Crippen LogP contribution in [0.5, 0.6) is 0 Å². The van der Waals surface area contributed by atoms with Crippen LogP contribution in [0.4, 0.5) is 10.5 Å². The summed E-state index contributed by atoms with van der Waals surface area (Å²) in [7, 11) is 0. The van der Waals surface area contributed by atoms with Gasteiger partial charge in [0.05, 0.1) is 4.92 Å². The van der Waals surface area contributed by atoms with Gasteiger partial charge in [-0.3, -0.25) is 19.8 Å². The number of nitrogens with zero attached hydrogens (tertiary/aromatic N) is 2. The maximum atomic E-state index is 12.4. The lowest BCUT2D eigenvalue weighted by molar-refractivity contribution is -0.384. The number of ketones is 1. The zero-order valence-electron chi connectivity index (χ0n) is 16.1. The molecule has 0 saturated carbocycles. The molecule has 0 N–H and O–H groups in total. The van der Waals surface area contributed by atoms with Crippen LogP contribution in [0.1, 0.15) is 28.8 Å². The Morgan fingerprint density at radius 2 is 1.83 bits per heavy atom. The van der Waals surface area contributed by atoms with Crippen molar-refractivity contribution in [2.24, 2.45) is 0 Å². The van der Waals surface area contributed by atoms with Gasteiger partial charge in [0.2, 0.25) is 5.78 Å². The molecule has 1 aliphatic rings. The van der Waals surface area contributed by atoms with Gasteiger partial charge in [0.15, 0.2) is 6.61 Å². The normalized spacial score (nSPS) is 15.5. The highest BCUT2D eigenvalue weighted by molar-refractivity contribution is 5.98. The molecular weight excluding hydrogens is 392 g/mol. The molecule has 0 aromatic heterocycles. The lowest BCUT2D eigenvalue weighted by atomic mass is 10.1. The summed E-state index contributed by atoms with van der Waals surface area (Å²) in [6.07, 6.45) is 0.395. The molecule has 2 aromatic carbocycles. The maximum absolute atomic E-state index is 12.4. The number of carbonyl (C=O) groups is 3. The molecule has 1 amide bonds. The third-order valence-corrected chi connectivity index (χ3v) is 4.69. The second-order valence-electron chi connectivity index (χ2n) is 6.73. The number of hydrogen-bond acceptors (Lipinski definition) is 7. The minimum atomic E-state index is -0.828. The smallest absolute Gasteiger partial charge is 0.410 e. The molecule has 9 nitrogen and oxygen atoms in total. The molecule has 0 spiro atoms. The Bertz CT molecular complexity index is 945. The van der Waals surface area contributed by atoms with Gasteiger partial charge < -0.3 is 9.47 Å². The van der Waals surface area contributed by atoms with E-state index < -0.39 is 35.4 Å². The largest absolute Gasteiger partial charge is 0.456 e. The van der Waals surface area contributed by atoms with Crippen molar-refractivity contribution in [3.63, 3.8) is 0 Å². The summed E-state index contributed by atoms with van der Waals surface area (Å²) in [5.74, 6) is -1.27. The van der Waals surface area contributed by atoms with Gasteiger partial charge in [0.1, 0.15) is 12.6 Å². The number of nitro benzene ring substituents is 1. The predicted molar refractivity (Wildman–Crippen MR) is 105 cm³/mol. The number of Topliss-reactive ketones (excluding diaryl/α,β-unsaturated/α-hetero) is 1. The van der Waals surface area contributed by atoms with Crippen LogP contribution in [-0.2, 0) is 20.9 Å². The van der Waals surface area contributed by atoms with Gasteiger partial charge in [-0.05, 0) is 18.4 Å². The average Bonchev–Trinajstić information content (AvgIpc) is 3.26. The molecule has 0 bridgehead atoms. The first-order valence-corrected chi connectivity index (χ1v) is 9.37. The van der Waals surface area contributed by atoms with E-state index in [-0.39, 0.29) is 17.9 Å². The highest BCUT2D eigenvalue weighted by Gasteiger charge is 2.36. The van der Waals surface area contributed by atoms with Crippen molar-refractivity contribution in [3.8, 4) is 0 Å². The summed E-state index contributed by atoms with van der Waals surface area (Å²) in [5.41, 5.74) is 0.671. The van der Waals surface area contributed by atoms with E-state index in [1.165, 1.54) is 23.1 Å². The summed E-state index contributed by atoms with van der Waals surface area (Å²) in [6.45, 7) is -0.126. The molecule has 1 atom stereocenters. The predicted octanol–water partition coefficient (Wildman–Crippen LogP) is 3.12. The zero-order valence-corrected chi connectivity index (χ0v) is 16.1. The lowest BCUT2D eigenvalue weighted by Crippen LogP contribution is -2.42. The zero-order chi connectivity index (χ0) is 21.5. The van der Waals surface area contributed by atoms with Crippen LogP contribution in [-0.4, -0.2) is 46.9 Å². The Labute approximate surface area is 172 Å². The fourth-order valence-corrected chi connectivity index (χ4v) is 3.14. The highest BCUT2D eigenvalue weighted by Crippen LogP contribution is 2.20. The molecule has 1 saturated heterocycles. The fraction of sp³-hybridized carbons (Fsp3) is 0.286. The van der Waals surface area contributed by atoms with Crippen LogP contribution in [0.15, 0.2) is 54.6 Å². The van der Waals surface area contributed by atoms with E-state index >= 15 is 0 Å². The number of amides is 1. The molecule has 1 aliphatic heterocycles. The molecule has 1 heterocycles. The quantitative estimate of drug-likeness (QED) is 0.297. The SMILES string of the molecule is O=C(COC(=O)[C@@H]1CCCN1C(=O)OCc1ccccc1)c1cccc([N+](=O)[O-])c1. The lowest BCUT2D eigenvalue weighted by Gasteiger charge is -2.22. The Balaban J connectivity index is 1.53. The first-order chi connectivity index (χ1) is 14.5. The van der Waals surface area contributed by atoms with Crippen LogP contribution < -0.4 is 0 Å². The third kappa shape index (κ3) is 5.19. The molecule has 1 fully saturated rings. The van der Waals surface area contributed by atoms with E-state index in [2.05, 4.69) is 0 Å². The molecule has 0 unspecified atom stereocenters. The van der Waals surface area contributed by atoms with Crippen LogP contribution in [0.25, 0.3) is 0 Å². The van der Waals surface area contributed by atoms with Gasteiger partial charge >= 0.3 is 12.1 Å². The Hall–Kier alpha value is -3.75. The van der Waals surface area contributed by atoms with Crippen molar-refractivity contribution < 1.29 is 28.8 Å². The van der Waals surface area contributed by atoms with E-state index in [9.17, 15) is 24.5 Å². The number of esters is 1. The van der Waals surface area contributed by atoms with Crippen molar-refractivity contribution in [3.05, 3.63) is 75.8 Å². The van der Waals surface area contributed by atoms with Crippen LogP contribution >= 0.6 is 0 Å². The standard InChI is InChI=1S/C21H20N2O7/c24-19(16-8-4-9-17(12-16)23(27)28)14-29-20(25)18-10-5-11-22(18)21(26)30-13-15-6-2-1-3-7-15/h1-4,6-9,12,18H,5,10-11,13-14H2/t18-/m0/s1. The van der Waals surface area contributed by atoms with E-state index in [1.54, 1.807) is 0 Å². The van der Waals surface area contributed by atoms with Crippen LogP contribution in [0.3, 0.4) is 0 Å². The average molecular weight is 412 g/mol. The summed E-state index contributed by atoms with van der Waals surface area (Å²) >= 11 is 0. The molecule has 3 rings (SSSR count). The van der Waals surface area contributed by atoms with E-state index in [4.69, 9.17) is 9.47 Å². The monoisotopic (exact) mass is 412 g/mol. The molecule has 9 heteroatoms. The molecular formula is C21H20N2O7. The van der Waals surface area contributed by atoms with Gasteiger partial charge in [-0.15, -0.1) is 0 Å². The van der Waals surface area contributed by atoms with Crippen LogP contribution in [0.2, 0.25) is 0 Å². The Morgan fingerprint density at radius 3 is 2.57 bits per heavy atom. The van der Waals surface area contributed by atoms with Crippen molar-refractivity contribution in [2.75, 3.05) is 13.2 Å². The number of rotatable bonds is 7. The van der Waals surface area contributed by atoms with Crippen LogP contribution in [0, 0.1) is 10.1 Å². The third-order valence-electron chi connectivity index (χ3n) is 4.69. The molecule has 0 aliphatic carbocycles. The first-order valence-electron chi connectivity index (χ1n) is 9.37. The van der Waals surface area contributed by atoms with Crippen molar-refractivity contribution in [2.45, 2.75) is 25.5 Å². The second kappa shape index (κ2) is 9.64. The molecule has 0 radical (unpaired) electrons. The fourth-order valence-electron chi connectivity index (χ4n) is 3.14. The first kappa shape index (κ1) is 21.0. The number of non-ortho nitro benzene ring substituents is 1. The Kier molecular flexibility index (Phi) is 6.74. The Morgan fingerprint density at radius 1 is 1.07 bits per heavy atom. The van der Waals surface area contributed by atoms with Crippen molar-refractivity contribution in [1.29, 1.82) is 0 Å². The molecule has 156 valence electrons. The van der Waals surface area contributed by atoms with Gasteiger partial charge in [-0.2, -0.15) is 0 Å². The summed E-state index contributed by atoms with van der Waals surface area (Å²) in [4.78, 5) is 48.5. The number of hydrogen-bond donors (Lipinski definition) is 0. The van der Waals surface area contributed by atoms with E-state index in [1.807, 2.05) is 30.3 Å². The van der Waals surface area contributed by atoms with Gasteiger partial charge in [-0.25, -0.2) is 9.59 Å². The number of likely N-dealkylation sites (tertiary alicyclic amines) is 1. The van der Waals surface area contributed by atoms with Gasteiger partial charge in [0, 0.05) is 24.2 Å².